The van der Waals surface area contributed by atoms with Crippen LogP contribution in [0.15, 0.2) is 28.8 Å². The van der Waals surface area contributed by atoms with Gasteiger partial charge in [-0.05, 0) is 24.1 Å². The van der Waals surface area contributed by atoms with Crippen molar-refractivity contribution in [3.05, 3.63) is 47.1 Å². The molecule has 0 unspecified atom stereocenters. The maximum absolute atomic E-state index is 12.1. The summed E-state index contributed by atoms with van der Waals surface area (Å²) in [7, 11) is 0. The summed E-state index contributed by atoms with van der Waals surface area (Å²) in [5, 5.41) is 12.8. The lowest BCUT2D eigenvalue weighted by Crippen LogP contribution is -2.40. The van der Waals surface area contributed by atoms with Crippen LogP contribution in [0.2, 0.25) is 0 Å². The molecule has 1 aliphatic rings. The zero-order valence-corrected chi connectivity index (χ0v) is 14.5. The summed E-state index contributed by atoms with van der Waals surface area (Å²) in [4.78, 5) is 20.4. The molecule has 3 rings (SSSR count). The van der Waals surface area contributed by atoms with Crippen LogP contribution in [-0.2, 0) is 17.9 Å². The van der Waals surface area contributed by atoms with Gasteiger partial charge in [0.25, 0.3) is 0 Å². The first kappa shape index (κ1) is 17.1. The maximum atomic E-state index is 12.1. The number of aryl methyl sites for hydroxylation is 1. The molecule has 2 heterocycles. The normalized spacial score (nSPS) is 17.4. The summed E-state index contributed by atoms with van der Waals surface area (Å²) in [5.74, 6) is 1.07. The highest BCUT2D eigenvalue weighted by Crippen LogP contribution is 2.20. The number of nitriles is 1. The van der Waals surface area contributed by atoms with Gasteiger partial charge in [-0.1, -0.05) is 17.3 Å². The van der Waals surface area contributed by atoms with Crippen molar-refractivity contribution < 1.29 is 9.32 Å². The van der Waals surface area contributed by atoms with Crippen molar-refractivity contribution in [2.75, 3.05) is 13.1 Å². The van der Waals surface area contributed by atoms with Gasteiger partial charge in [-0.25, -0.2) is 0 Å². The Kier molecular flexibility index (Phi) is 5.10. The van der Waals surface area contributed by atoms with Crippen molar-refractivity contribution in [2.45, 2.75) is 39.4 Å². The van der Waals surface area contributed by atoms with Crippen molar-refractivity contribution in [3.63, 3.8) is 0 Å². The average Bonchev–Trinajstić information content (AvgIpc) is 3.22. The predicted octanol–water partition coefficient (Wildman–Crippen LogP) is 1.87. The van der Waals surface area contributed by atoms with Gasteiger partial charge in [0.1, 0.15) is 0 Å². The lowest BCUT2D eigenvalue weighted by atomic mass is 10.1. The molecule has 1 aromatic heterocycles. The van der Waals surface area contributed by atoms with Crippen LogP contribution in [0.1, 0.15) is 36.2 Å². The Bertz CT molecular complexity index is 778. The number of rotatable bonds is 5. The molecule has 1 aliphatic heterocycles. The quantitative estimate of drug-likeness (QED) is 0.826. The van der Waals surface area contributed by atoms with E-state index < -0.39 is 0 Å². The summed E-state index contributed by atoms with van der Waals surface area (Å²) in [6, 6.07) is 9.92. The summed E-state index contributed by atoms with van der Waals surface area (Å²) in [5.41, 5.74) is 1.84. The second-order valence-corrected chi connectivity index (χ2v) is 6.36. The van der Waals surface area contributed by atoms with Gasteiger partial charge in [0, 0.05) is 39.5 Å². The van der Waals surface area contributed by atoms with Crippen molar-refractivity contribution in [3.8, 4) is 6.07 Å². The smallest absolute Gasteiger partial charge is 0.223 e. The molecule has 0 saturated carbocycles. The molecule has 25 heavy (non-hydrogen) atoms. The number of aromatic nitrogens is 2. The van der Waals surface area contributed by atoms with E-state index in [0.29, 0.717) is 23.8 Å². The number of nitrogens with zero attached hydrogens (tertiary/aromatic N) is 5. The predicted molar refractivity (Wildman–Crippen MR) is 90.1 cm³/mol. The third-order valence-corrected chi connectivity index (χ3v) is 4.46. The summed E-state index contributed by atoms with van der Waals surface area (Å²) in [6.45, 7) is 6.26. The lowest BCUT2D eigenvalue weighted by Gasteiger charge is -2.27. The fourth-order valence-electron chi connectivity index (χ4n) is 3.21. The van der Waals surface area contributed by atoms with Crippen molar-refractivity contribution in [2.24, 2.45) is 0 Å². The Labute approximate surface area is 146 Å². The highest BCUT2D eigenvalue weighted by Gasteiger charge is 2.30. The van der Waals surface area contributed by atoms with E-state index in [1.54, 1.807) is 13.8 Å². The first-order valence-corrected chi connectivity index (χ1v) is 8.33. The standard InChI is InChI=1S/C18H21N5O2/c1-13-20-18(21-25-13)12-23(14(2)24)17-7-8-22(11-17)10-16-5-3-15(9-19)4-6-16/h3-6,17H,7-8,10-12H2,1-2H3/t17-/m1/s1. The van der Waals surface area contributed by atoms with E-state index in [2.05, 4.69) is 21.1 Å². The molecule has 1 fully saturated rings. The van der Waals surface area contributed by atoms with Gasteiger partial charge >= 0.3 is 0 Å². The Hall–Kier alpha value is -2.72. The van der Waals surface area contributed by atoms with E-state index in [-0.39, 0.29) is 11.9 Å². The number of amides is 1. The Morgan fingerprint density at radius 3 is 2.80 bits per heavy atom. The van der Waals surface area contributed by atoms with Gasteiger partial charge in [0.15, 0.2) is 5.82 Å². The van der Waals surface area contributed by atoms with Gasteiger partial charge < -0.3 is 9.42 Å². The van der Waals surface area contributed by atoms with Gasteiger partial charge in [0.2, 0.25) is 11.8 Å². The van der Waals surface area contributed by atoms with Crippen LogP contribution in [0.5, 0.6) is 0 Å². The summed E-state index contributed by atoms with van der Waals surface area (Å²) < 4.78 is 4.99. The van der Waals surface area contributed by atoms with Crippen LogP contribution in [0.3, 0.4) is 0 Å². The van der Waals surface area contributed by atoms with Gasteiger partial charge in [-0.15, -0.1) is 0 Å². The molecule has 1 saturated heterocycles. The zero-order valence-electron chi connectivity index (χ0n) is 14.5. The number of likely N-dealkylation sites (tertiary alicyclic amines) is 1. The van der Waals surface area contributed by atoms with E-state index in [9.17, 15) is 4.79 Å². The Balaban J connectivity index is 1.61. The second kappa shape index (κ2) is 7.45. The monoisotopic (exact) mass is 339 g/mol. The molecule has 0 N–H and O–H groups in total. The Morgan fingerprint density at radius 2 is 2.20 bits per heavy atom. The number of hydrogen-bond acceptors (Lipinski definition) is 6. The molecule has 0 bridgehead atoms. The molecule has 1 amide bonds. The van der Waals surface area contributed by atoms with E-state index >= 15 is 0 Å². The minimum Gasteiger partial charge on any atom is -0.340 e. The minimum absolute atomic E-state index is 0.0210. The second-order valence-electron chi connectivity index (χ2n) is 6.36. The molecular weight excluding hydrogens is 318 g/mol. The van der Waals surface area contributed by atoms with Crippen molar-refractivity contribution in [1.29, 1.82) is 5.26 Å². The van der Waals surface area contributed by atoms with Crippen LogP contribution in [-0.4, -0.2) is 45.0 Å². The minimum atomic E-state index is 0.0210. The van der Waals surface area contributed by atoms with E-state index in [1.165, 1.54) is 5.56 Å². The third kappa shape index (κ3) is 4.22. The molecule has 130 valence electrons. The highest BCUT2D eigenvalue weighted by atomic mass is 16.5. The molecule has 2 aromatic rings. The average molecular weight is 339 g/mol. The number of benzene rings is 1. The van der Waals surface area contributed by atoms with Crippen LogP contribution >= 0.6 is 0 Å². The van der Waals surface area contributed by atoms with Gasteiger partial charge in [0.05, 0.1) is 18.2 Å². The summed E-state index contributed by atoms with van der Waals surface area (Å²) in [6.07, 6.45) is 0.923. The molecule has 0 spiro atoms. The Morgan fingerprint density at radius 1 is 1.44 bits per heavy atom. The van der Waals surface area contributed by atoms with E-state index in [4.69, 9.17) is 9.78 Å². The van der Waals surface area contributed by atoms with Gasteiger partial charge in [-0.3, -0.25) is 9.69 Å². The largest absolute Gasteiger partial charge is 0.340 e. The number of hydrogen-bond donors (Lipinski definition) is 0. The van der Waals surface area contributed by atoms with Crippen molar-refractivity contribution >= 4 is 5.91 Å². The van der Waals surface area contributed by atoms with Crippen LogP contribution in [0, 0.1) is 18.3 Å². The van der Waals surface area contributed by atoms with Crippen LogP contribution in [0.4, 0.5) is 0 Å². The third-order valence-electron chi connectivity index (χ3n) is 4.46. The molecular formula is C18H21N5O2. The molecule has 7 heteroatoms. The molecule has 0 aliphatic carbocycles. The summed E-state index contributed by atoms with van der Waals surface area (Å²) >= 11 is 0. The topological polar surface area (TPSA) is 86.3 Å². The zero-order chi connectivity index (χ0) is 17.8. The van der Waals surface area contributed by atoms with Crippen molar-refractivity contribution in [1.82, 2.24) is 19.9 Å². The molecule has 0 radical (unpaired) electrons. The first-order valence-electron chi connectivity index (χ1n) is 8.33. The maximum Gasteiger partial charge on any atom is 0.223 e. The number of carbonyl (C=O) groups is 1. The fourth-order valence-corrected chi connectivity index (χ4v) is 3.21. The fraction of sp³-hybridized carbons (Fsp3) is 0.444. The highest BCUT2D eigenvalue weighted by molar-refractivity contribution is 5.73. The van der Waals surface area contributed by atoms with Crippen LogP contribution in [0.25, 0.3) is 0 Å². The molecule has 7 nitrogen and oxygen atoms in total. The molecule has 1 atom stereocenters. The number of carbonyl (C=O) groups excluding carboxylic acids is 1. The SMILES string of the molecule is CC(=O)N(Cc1noc(C)n1)[C@@H]1CCN(Cc2ccc(C#N)cc2)C1. The lowest BCUT2D eigenvalue weighted by molar-refractivity contribution is -0.131. The van der Waals surface area contributed by atoms with Crippen LogP contribution < -0.4 is 0 Å². The van der Waals surface area contributed by atoms with E-state index in [1.807, 2.05) is 29.2 Å². The van der Waals surface area contributed by atoms with E-state index in [0.717, 1.165) is 26.1 Å². The molecule has 1 aromatic carbocycles. The first-order chi connectivity index (χ1) is 12.0. The van der Waals surface area contributed by atoms with Gasteiger partial charge in [-0.2, -0.15) is 10.2 Å².